The van der Waals surface area contributed by atoms with Gasteiger partial charge in [-0.25, -0.2) is 14.4 Å². The Kier molecular flexibility index (Phi) is 17.4. The number of carbonyl (C=O) groups excluding carboxylic acids is 8. The van der Waals surface area contributed by atoms with Crippen molar-refractivity contribution in [1.82, 2.24) is 26.2 Å². The van der Waals surface area contributed by atoms with E-state index in [9.17, 15) is 38.4 Å². The molecule has 17 heteroatoms. The lowest BCUT2D eigenvalue weighted by atomic mass is 9.98. The molecule has 2 aliphatic rings. The SMILES string of the molecule is C=CCOC(=O)C[C@@H](NC(=O)[C@@H]1CCCN1C(=O)CC[C@H](NC(=O)CCNC(=O)[C@H](Cc1ccccc1)NC(=O)OCC1c2ccccc2-c2ccccc21)C(=O)OC)C(=O)OC. The predicted molar refractivity (Wildman–Crippen MR) is 227 cm³/mol. The maximum Gasteiger partial charge on any atom is 0.407 e. The third-order valence-electron chi connectivity index (χ3n) is 10.8. The lowest BCUT2D eigenvalue weighted by Crippen LogP contribution is -2.52. The number of hydrogen-bond acceptors (Lipinski definition) is 12. The van der Waals surface area contributed by atoms with Gasteiger partial charge in [0.05, 0.1) is 20.6 Å². The molecule has 1 heterocycles. The number of nitrogens with one attached hydrogen (secondary N) is 4. The van der Waals surface area contributed by atoms with Gasteiger partial charge < -0.3 is 45.1 Å². The number of esters is 3. The minimum atomic E-state index is -1.35. The van der Waals surface area contributed by atoms with Crippen LogP contribution in [0.2, 0.25) is 0 Å². The van der Waals surface area contributed by atoms with E-state index >= 15 is 0 Å². The molecular weight excluding hydrogens is 815 g/mol. The summed E-state index contributed by atoms with van der Waals surface area (Å²) in [6, 6.07) is 20.3. The molecule has 0 radical (unpaired) electrons. The van der Waals surface area contributed by atoms with Crippen LogP contribution >= 0.6 is 0 Å². The molecule has 5 rings (SSSR count). The van der Waals surface area contributed by atoms with Crippen LogP contribution in [-0.4, -0.2) is 117 Å². The number of amides is 5. The molecule has 0 unspecified atom stereocenters. The minimum absolute atomic E-state index is 0.0500. The fourth-order valence-electron chi connectivity index (χ4n) is 7.65. The zero-order chi connectivity index (χ0) is 45.3. The second kappa shape index (κ2) is 23.3. The van der Waals surface area contributed by atoms with Crippen molar-refractivity contribution in [3.63, 3.8) is 0 Å². The Morgan fingerprint density at radius 2 is 1.40 bits per heavy atom. The van der Waals surface area contributed by atoms with Crippen molar-refractivity contribution in [3.8, 4) is 11.1 Å². The zero-order valence-electron chi connectivity index (χ0n) is 35.3. The molecule has 3 aromatic carbocycles. The zero-order valence-corrected chi connectivity index (χ0v) is 35.3. The van der Waals surface area contributed by atoms with Crippen molar-refractivity contribution in [2.75, 3.05) is 40.5 Å². The molecule has 0 aromatic heterocycles. The quantitative estimate of drug-likeness (QED) is 0.0690. The van der Waals surface area contributed by atoms with Crippen LogP contribution in [0.4, 0.5) is 4.79 Å². The van der Waals surface area contributed by atoms with Crippen molar-refractivity contribution in [2.24, 2.45) is 0 Å². The summed E-state index contributed by atoms with van der Waals surface area (Å²) >= 11 is 0. The summed E-state index contributed by atoms with van der Waals surface area (Å²) < 4.78 is 20.2. The Morgan fingerprint density at radius 1 is 0.762 bits per heavy atom. The van der Waals surface area contributed by atoms with E-state index in [2.05, 4.69) is 27.8 Å². The predicted octanol–water partition coefficient (Wildman–Crippen LogP) is 2.85. The van der Waals surface area contributed by atoms with E-state index in [4.69, 9.17) is 18.9 Å². The number of methoxy groups -OCH3 is 2. The largest absolute Gasteiger partial charge is 0.467 e. The number of alkyl carbamates (subject to hydrolysis) is 1. The third-order valence-corrected chi connectivity index (χ3v) is 10.8. The topological polar surface area (TPSA) is 225 Å². The van der Waals surface area contributed by atoms with Crippen LogP contribution in [0.1, 0.15) is 61.1 Å². The molecule has 4 atom stereocenters. The van der Waals surface area contributed by atoms with Crippen LogP contribution in [0, 0.1) is 0 Å². The second-order valence-corrected chi connectivity index (χ2v) is 14.9. The molecule has 1 saturated heterocycles. The smallest absolute Gasteiger partial charge is 0.407 e. The molecule has 334 valence electrons. The van der Waals surface area contributed by atoms with E-state index in [1.54, 1.807) is 0 Å². The number of nitrogens with zero attached hydrogens (tertiary/aromatic N) is 1. The Morgan fingerprint density at radius 3 is 2.05 bits per heavy atom. The van der Waals surface area contributed by atoms with Gasteiger partial charge in [0.25, 0.3) is 0 Å². The highest BCUT2D eigenvalue weighted by Crippen LogP contribution is 2.44. The summed E-state index contributed by atoms with van der Waals surface area (Å²) in [5.41, 5.74) is 5.01. The molecular formula is C46H53N5O12. The van der Waals surface area contributed by atoms with Gasteiger partial charge in [-0.3, -0.25) is 24.0 Å². The Labute approximate surface area is 365 Å². The summed E-state index contributed by atoms with van der Waals surface area (Å²) in [5.74, 6) is -4.98. The number of likely N-dealkylation sites (tertiary alicyclic amines) is 1. The van der Waals surface area contributed by atoms with Crippen LogP contribution in [0.25, 0.3) is 11.1 Å². The number of hydrogen-bond donors (Lipinski definition) is 4. The van der Waals surface area contributed by atoms with Gasteiger partial charge in [0.1, 0.15) is 37.4 Å². The lowest BCUT2D eigenvalue weighted by molar-refractivity contribution is -0.152. The van der Waals surface area contributed by atoms with Crippen molar-refractivity contribution < 1.29 is 57.3 Å². The highest BCUT2D eigenvalue weighted by Gasteiger charge is 2.37. The lowest BCUT2D eigenvalue weighted by Gasteiger charge is -2.26. The van der Waals surface area contributed by atoms with E-state index in [-0.39, 0.29) is 64.3 Å². The van der Waals surface area contributed by atoms with Crippen LogP contribution in [0.5, 0.6) is 0 Å². The maximum absolute atomic E-state index is 13.5. The van der Waals surface area contributed by atoms with Gasteiger partial charge in [-0.05, 0) is 47.1 Å². The van der Waals surface area contributed by atoms with Crippen LogP contribution in [-0.2, 0) is 58.9 Å². The van der Waals surface area contributed by atoms with Crippen molar-refractivity contribution >= 4 is 47.6 Å². The summed E-state index contributed by atoms with van der Waals surface area (Å²) in [4.78, 5) is 105. The number of carbonyl (C=O) groups is 8. The molecule has 0 spiro atoms. The van der Waals surface area contributed by atoms with E-state index in [0.29, 0.717) is 6.42 Å². The van der Waals surface area contributed by atoms with Gasteiger partial charge in [0.15, 0.2) is 0 Å². The van der Waals surface area contributed by atoms with Crippen molar-refractivity contribution in [2.45, 2.75) is 75.0 Å². The maximum atomic E-state index is 13.5. The Bertz CT molecular complexity index is 2100. The molecule has 17 nitrogen and oxygen atoms in total. The van der Waals surface area contributed by atoms with Gasteiger partial charge in [0, 0.05) is 38.3 Å². The van der Waals surface area contributed by atoms with Gasteiger partial charge >= 0.3 is 24.0 Å². The average Bonchev–Trinajstić information content (AvgIpc) is 3.92. The molecule has 5 amide bonds. The number of rotatable bonds is 21. The fourth-order valence-corrected chi connectivity index (χ4v) is 7.65. The first-order valence-corrected chi connectivity index (χ1v) is 20.7. The van der Waals surface area contributed by atoms with Crippen molar-refractivity contribution in [3.05, 3.63) is 108 Å². The third kappa shape index (κ3) is 13.0. The normalized spacial score (nSPS) is 15.3. The molecule has 1 aliphatic carbocycles. The van der Waals surface area contributed by atoms with E-state index in [1.807, 2.05) is 78.9 Å². The fraction of sp³-hybridized carbons (Fsp3) is 0.391. The summed E-state index contributed by atoms with van der Waals surface area (Å²) in [7, 11) is 2.23. The average molecular weight is 868 g/mol. The van der Waals surface area contributed by atoms with Gasteiger partial charge in [-0.15, -0.1) is 0 Å². The van der Waals surface area contributed by atoms with Crippen LogP contribution < -0.4 is 21.3 Å². The van der Waals surface area contributed by atoms with Gasteiger partial charge in [-0.2, -0.15) is 0 Å². The molecule has 4 N–H and O–H groups in total. The van der Waals surface area contributed by atoms with Gasteiger partial charge in [-0.1, -0.05) is 91.5 Å². The highest BCUT2D eigenvalue weighted by atomic mass is 16.6. The molecule has 0 saturated carbocycles. The molecule has 1 aliphatic heterocycles. The van der Waals surface area contributed by atoms with Crippen LogP contribution in [0.15, 0.2) is 91.5 Å². The standard InChI is InChI=1S/C46H53N5O12/c1-4-25-62-41(54)27-37(45(58)61-3)49-43(56)38-19-12-24-51(38)40(53)21-20-35(44(57)60-2)48-39(52)22-23-47-42(55)36(26-29-13-6-5-7-14-29)50-46(59)63-28-34-32-17-10-8-15-30(32)31-16-9-11-18-33(31)34/h4-11,13-18,34-38H,1,12,19-28H2,2-3H3,(H,47,55)(H,48,52)(H,49,56)(H,50,59)/t35-,36-,37+,38-/m0/s1. The molecule has 0 bridgehead atoms. The Hall–Kier alpha value is -7.04. The number of ether oxygens (including phenoxy) is 4. The minimum Gasteiger partial charge on any atom is -0.467 e. The van der Waals surface area contributed by atoms with Crippen LogP contribution in [0.3, 0.4) is 0 Å². The van der Waals surface area contributed by atoms with E-state index in [1.165, 1.54) is 11.0 Å². The first-order valence-electron chi connectivity index (χ1n) is 20.7. The summed E-state index contributed by atoms with van der Waals surface area (Å²) in [6.07, 6.45) is 0.285. The molecule has 63 heavy (non-hydrogen) atoms. The first kappa shape index (κ1) is 47.0. The second-order valence-electron chi connectivity index (χ2n) is 14.9. The highest BCUT2D eigenvalue weighted by molar-refractivity contribution is 5.93. The van der Waals surface area contributed by atoms with E-state index in [0.717, 1.165) is 42.0 Å². The monoisotopic (exact) mass is 867 g/mol. The Balaban J connectivity index is 1.12. The molecule has 3 aromatic rings. The molecule has 1 fully saturated rings. The summed E-state index contributed by atoms with van der Waals surface area (Å²) in [5, 5.41) is 10.4. The van der Waals surface area contributed by atoms with E-state index < -0.39 is 78.2 Å². The van der Waals surface area contributed by atoms with Gasteiger partial charge in [0.2, 0.25) is 23.6 Å². The van der Waals surface area contributed by atoms with Crippen molar-refractivity contribution in [1.29, 1.82) is 0 Å². The summed E-state index contributed by atoms with van der Waals surface area (Å²) in [6.45, 7) is 3.48. The first-order chi connectivity index (χ1) is 30.4. The number of fused-ring (bicyclic) bond motifs is 3. The number of benzene rings is 3.